The predicted molar refractivity (Wildman–Crippen MR) is 79.7 cm³/mol. The van der Waals surface area contributed by atoms with Gasteiger partial charge in [0.05, 0.1) is 11.4 Å². The molecule has 0 aliphatic heterocycles. The van der Waals surface area contributed by atoms with Gasteiger partial charge in [0.2, 0.25) is 0 Å². The van der Waals surface area contributed by atoms with E-state index >= 15 is 0 Å². The number of hydrogen-bond acceptors (Lipinski definition) is 3. The molecule has 0 aliphatic carbocycles. The summed E-state index contributed by atoms with van der Waals surface area (Å²) in [5.41, 5.74) is 3.39. The Kier molecular flexibility index (Phi) is 3.71. The molecule has 0 radical (unpaired) electrons. The lowest BCUT2D eigenvalue weighted by molar-refractivity contribution is 0.738. The first-order valence-electron chi connectivity index (χ1n) is 6.71. The Labute approximate surface area is 113 Å². The van der Waals surface area contributed by atoms with Crippen LogP contribution in [0, 0.1) is 0 Å². The van der Waals surface area contributed by atoms with Crippen LogP contribution in [-0.2, 0) is 0 Å². The molecule has 0 spiro atoms. The Balaban J connectivity index is 2.65. The molecular weight excluding hydrogens is 240 g/mol. The van der Waals surface area contributed by atoms with Crippen LogP contribution < -0.4 is 0 Å². The molecule has 2 nitrogen and oxygen atoms in total. The second-order valence-corrected chi connectivity index (χ2v) is 6.86. The van der Waals surface area contributed by atoms with Gasteiger partial charge in [0, 0.05) is 4.88 Å². The lowest BCUT2D eigenvalue weighted by atomic mass is 10.0. The molecule has 0 aromatic carbocycles. The third-order valence-electron chi connectivity index (χ3n) is 3.10. The number of nitrogens with zero attached hydrogens (tertiary/aromatic N) is 2. The van der Waals surface area contributed by atoms with E-state index in [4.69, 9.17) is 9.97 Å². The minimum Gasteiger partial charge on any atom is -0.248 e. The highest BCUT2D eigenvalue weighted by atomic mass is 32.1. The highest BCUT2D eigenvalue weighted by molar-refractivity contribution is 7.18. The minimum atomic E-state index is 0.432. The van der Waals surface area contributed by atoms with E-state index in [0.717, 1.165) is 21.7 Å². The maximum Gasteiger partial charge on any atom is 0.142 e. The van der Waals surface area contributed by atoms with Gasteiger partial charge in [-0.05, 0) is 23.8 Å². The van der Waals surface area contributed by atoms with Gasteiger partial charge in [-0.3, -0.25) is 0 Å². The summed E-state index contributed by atoms with van der Waals surface area (Å²) in [5, 5.41) is 0. The molecular formula is C15H22N2S. The number of thiophene rings is 1. The average Bonchev–Trinajstić information content (AvgIpc) is 2.69. The largest absolute Gasteiger partial charge is 0.248 e. The van der Waals surface area contributed by atoms with Crippen LogP contribution in [0.5, 0.6) is 0 Å². The van der Waals surface area contributed by atoms with Gasteiger partial charge < -0.3 is 0 Å². The SMILES string of the molecule is CC(C)c1cc2nc(C(C)C)c(C(C)C)nc2s1. The van der Waals surface area contributed by atoms with Gasteiger partial charge in [-0.15, -0.1) is 11.3 Å². The standard InChI is InChI=1S/C15H22N2S/c1-8(2)12-7-11-15(18-12)17-14(10(5)6)13(16-11)9(3)4/h7-10H,1-6H3. The van der Waals surface area contributed by atoms with Gasteiger partial charge in [0.25, 0.3) is 0 Å². The van der Waals surface area contributed by atoms with Crippen molar-refractivity contribution in [3.63, 3.8) is 0 Å². The van der Waals surface area contributed by atoms with Gasteiger partial charge in [-0.1, -0.05) is 41.5 Å². The fraction of sp³-hybridized carbons (Fsp3) is 0.600. The lowest BCUT2D eigenvalue weighted by Gasteiger charge is -2.13. The Morgan fingerprint density at radius 3 is 1.89 bits per heavy atom. The molecule has 0 saturated carbocycles. The Bertz CT molecular complexity index is 508. The molecule has 0 amide bonds. The summed E-state index contributed by atoms with van der Waals surface area (Å²) in [6, 6.07) is 2.20. The van der Waals surface area contributed by atoms with E-state index in [1.54, 1.807) is 11.3 Å². The van der Waals surface area contributed by atoms with Crippen LogP contribution in [-0.4, -0.2) is 9.97 Å². The molecule has 98 valence electrons. The van der Waals surface area contributed by atoms with Crippen molar-refractivity contribution in [2.24, 2.45) is 0 Å². The molecule has 2 rings (SSSR count). The van der Waals surface area contributed by atoms with Crippen molar-refractivity contribution in [1.29, 1.82) is 0 Å². The summed E-state index contributed by atoms with van der Waals surface area (Å²) in [6.45, 7) is 13.2. The summed E-state index contributed by atoms with van der Waals surface area (Å²) >= 11 is 1.78. The molecule has 0 bridgehead atoms. The molecule has 18 heavy (non-hydrogen) atoms. The van der Waals surface area contributed by atoms with E-state index in [9.17, 15) is 0 Å². The number of fused-ring (bicyclic) bond motifs is 1. The van der Waals surface area contributed by atoms with E-state index in [0.29, 0.717) is 17.8 Å². The van der Waals surface area contributed by atoms with Crippen LogP contribution >= 0.6 is 11.3 Å². The van der Waals surface area contributed by atoms with Crippen molar-refractivity contribution in [3.8, 4) is 0 Å². The third kappa shape index (κ3) is 2.41. The van der Waals surface area contributed by atoms with Crippen LogP contribution in [0.4, 0.5) is 0 Å². The zero-order valence-corrected chi connectivity index (χ0v) is 12.9. The molecule has 0 unspecified atom stereocenters. The van der Waals surface area contributed by atoms with Gasteiger partial charge in [0.15, 0.2) is 0 Å². The molecule has 0 atom stereocenters. The van der Waals surface area contributed by atoms with Crippen LogP contribution in [0.2, 0.25) is 0 Å². The van der Waals surface area contributed by atoms with Crippen molar-refractivity contribution in [1.82, 2.24) is 9.97 Å². The molecule has 3 heteroatoms. The zero-order chi connectivity index (χ0) is 13.4. The first-order chi connectivity index (χ1) is 8.40. The number of rotatable bonds is 3. The number of aromatic nitrogens is 2. The monoisotopic (exact) mass is 262 g/mol. The summed E-state index contributed by atoms with van der Waals surface area (Å²) in [7, 11) is 0. The lowest BCUT2D eigenvalue weighted by Crippen LogP contribution is -2.04. The maximum atomic E-state index is 4.86. The molecule has 2 aromatic rings. The second-order valence-electron chi connectivity index (χ2n) is 5.80. The topological polar surface area (TPSA) is 25.8 Å². The van der Waals surface area contributed by atoms with Crippen LogP contribution in [0.15, 0.2) is 6.07 Å². The molecule has 2 heterocycles. The Morgan fingerprint density at radius 2 is 1.39 bits per heavy atom. The third-order valence-corrected chi connectivity index (χ3v) is 4.42. The zero-order valence-electron chi connectivity index (χ0n) is 12.1. The minimum absolute atomic E-state index is 0.432. The van der Waals surface area contributed by atoms with E-state index in [-0.39, 0.29) is 0 Å². The van der Waals surface area contributed by atoms with Crippen molar-refractivity contribution in [2.45, 2.75) is 59.3 Å². The predicted octanol–water partition coefficient (Wildman–Crippen LogP) is 5.06. The summed E-state index contributed by atoms with van der Waals surface area (Å²) in [6.07, 6.45) is 0. The van der Waals surface area contributed by atoms with E-state index in [1.165, 1.54) is 4.88 Å². The van der Waals surface area contributed by atoms with E-state index in [2.05, 4.69) is 47.6 Å². The van der Waals surface area contributed by atoms with E-state index in [1.807, 2.05) is 0 Å². The quantitative estimate of drug-likeness (QED) is 0.772. The van der Waals surface area contributed by atoms with Gasteiger partial charge in [-0.2, -0.15) is 0 Å². The molecule has 0 saturated heterocycles. The molecule has 0 fully saturated rings. The highest BCUT2D eigenvalue weighted by Gasteiger charge is 2.17. The summed E-state index contributed by atoms with van der Waals surface area (Å²) in [4.78, 5) is 12.2. The van der Waals surface area contributed by atoms with Gasteiger partial charge in [-0.25, -0.2) is 9.97 Å². The highest BCUT2D eigenvalue weighted by Crippen LogP contribution is 2.32. The van der Waals surface area contributed by atoms with E-state index < -0.39 is 0 Å². The van der Waals surface area contributed by atoms with Gasteiger partial charge >= 0.3 is 0 Å². The van der Waals surface area contributed by atoms with Crippen LogP contribution in [0.1, 0.15) is 75.6 Å². The first kappa shape index (κ1) is 13.5. The first-order valence-corrected chi connectivity index (χ1v) is 7.53. The Hall–Kier alpha value is -0.960. The van der Waals surface area contributed by atoms with Crippen molar-refractivity contribution in [3.05, 3.63) is 22.3 Å². The fourth-order valence-electron chi connectivity index (χ4n) is 2.04. The van der Waals surface area contributed by atoms with Crippen molar-refractivity contribution < 1.29 is 0 Å². The molecule has 2 aromatic heterocycles. The summed E-state index contributed by atoms with van der Waals surface area (Å²) < 4.78 is 0. The van der Waals surface area contributed by atoms with Crippen LogP contribution in [0.25, 0.3) is 10.3 Å². The Morgan fingerprint density at radius 1 is 0.833 bits per heavy atom. The average molecular weight is 262 g/mol. The van der Waals surface area contributed by atoms with Crippen molar-refractivity contribution in [2.75, 3.05) is 0 Å². The van der Waals surface area contributed by atoms with Crippen LogP contribution in [0.3, 0.4) is 0 Å². The molecule has 0 aliphatic rings. The number of hydrogen-bond donors (Lipinski definition) is 0. The van der Waals surface area contributed by atoms with Crippen molar-refractivity contribution >= 4 is 21.7 Å². The van der Waals surface area contributed by atoms with Gasteiger partial charge in [0.1, 0.15) is 10.3 Å². The summed E-state index contributed by atoms with van der Waals surface area (Å²) in [5.74, 6) is 1.42. The second kappa shape index (κ2) is 4.96. The smallest absolute Gasteiger partial charge is 0.142 e. The normalized spacial score (nSPS) is 12.3. The maximum absolute atomic E-state index is 4.86. The molecule has 0 N–H and O–H groups in total. The fourth-order valence-corrected chi connectivity index (χ4v) is 3.02.